The van der Waals surface area contributed by atoms with Crippen molar-refractivity contribution in [3.63, 3.8) is 0 Å². The molecule has 0 fully saturated rings. The summed E-state index contributed by atoms with van der Waals surface area (Å²) >= 11 is 0. The van der Waals surface area contributed by atoms with Crippen molar-refractivity contribution in [3.8, 4) is 0 Å². The predicted molar refractivity (Wildman–Crippen MR) is 49.7 cm³/mol. The highest BCUT2D eigenvalue weighted by atomic mass is 19.4. The van der Waals surface area contributed by atoms with Crippen LogP contribution in [0.25, 0.3) is 0 Å². The molecule has 1 N–H and O–H groups in total. The molecule has 2 rings (SSSR count). The molecule has 0 saturated carbocycles. The molecular weight excluding hydrogens is 221 g/mol. The van der Waals surface area contributed by atoms with Gasteiger partial charge in [-0.1, -0.05) is 24.3 Å². The van der Waals surface area contributed by atoms with E-state index in [1.54, 1.807) is 6.92 Å². The Kier molecular flexibility index (Phi) is 2.27. The van der Waals surface area contributed by atoms with Gasteiger partial charge in [0.1, 0.15) is 0 Å². The lowest BCUT2D eigenvalue weighted by Gasteiger charge is -2.15. The number of benzene rings is 1. The summed E-state index contributed by atoms with van der Waals surface area (Å²) in [4.78, 5) is 0. The van der Waals surface area contributed by atoms with Gasteiger partial charge in [-0.25, -0.2) is 0 Å². The molecule has 3 nitrogen and oxygen atoms in total. The van der Waals surface area contributed by atoms with Gasteiger partial charge in [-0.05, 0) is 12.5 Å². The van der Waals surface area contributed by atoms with Crippen molar-refractivity contribution in [1.29, 1.82) is 0 Å². The molecule has 0 aromatic heterocycles. The number of hydrogen-bond acceptors (Lipinski definition) is 3. The molecule has 16 heavy (non-hydrogen) atoms. The zero-order valence-corrected chi connectivity index (χ0v) is 8.36. The van der Waals surface area contributed by atoms with Gasteiger partial charge in [-0.2, -0.15) is 13.2 Å². The van der Waals surface area contributed by atoms with E-state index < -0.39 is 17.9 Å². The third kappa shape index (κ3) is 1.59. The van der Waals surface area contributed by atoms with E-state index in [2.05, 4.69) is 10.2 Å². The lowest BCUT2D eigenvalue weighted by molar-refractivity contribution is -0.166. The van der Waals surface area contributed by atoms with Gasteiger partial charge in [-0.15, -0.1) is 10.2 Å². The van der Waals surface area contributed by atoms with E-state index in [0.29, 0.717) is 5.56 Å². The normalized spacial score (nSPS) is 19.6. The van der Waals surface area contributed by atoms with E-state index in [9.17, 15) is 18.3 Å². The van der Waals surface area contributed by atoms with Crippen molar-refractivity contribution in [2.45, 2.75) is 24.9 Å². The zero-order valence-electron chi connectivity index (χ0n) is 8.36. The lowest BCUT2D eigenvalue weighted by Crippen LogP contribution is -2.30. The van der Waals surface area contributed by atoms with Crippen LogP contribution in [0.2, 0.25) is 0 Å². The summed E-state index contributed by atoms with van der Waals surface area (Å²) < 4.78 is 37.8. The summed E-state index contributed by atoms with van der Waals surface area (Å²) in [5.74, 6) is 0. The van der Waals surface area contributed by atoms with Gasteiger partial charge in [0.05, 0.1) is 6.10 Å². The molecule has 1 atom stereocenters. The van der Waals surface area contributed by atoms with Gasteiger partial charge in [0.25, 0.3) is 0 Å². The quantitative estimate of drug-likeness (QED) is 0.834. The molecule has 1 heterocycles. The summed E-state index contributed by atoms with van der Waals surface area (Å²) in [6, 6.07) is 5.46. The number of hydrogen-bond donors (Lipinski definition) is 1. The Morgan fingerprint density at radius 2 is 1.69 bits per heavy atom. The van der Waals surface area contributed by atoms with Gasteiger partial charge in [0.2, 0.25) is 0 Å². The molecule has 0 aliphatic carbocycles. The molecular formula is C10H9F3N2O. The Balaban J connectivity index is 2.30. The SMILES string of the molecule is C[C@H](O)c1ccc(C2(C(F)(F)F)N=N2)cc1. The molecule has 0 spiro atoms. The van der Waals surface area contributed by atoms with Crippen molar-refractivity contribution in [3.05, 3.63) is 35.4 Å². The van der Waals surface area contributed by atoms with Crippen molar-refractivity contribution < 1.29 is 18.3 Å². The average molecular weight is 230 g/mol. The predicted octanol–water partition coefficient (Wildman–Crippen LogP) is 2.92. The summed E-state index contributed by atoms with van der Waals surface area (Å²) in [7, 11) is 0. The highest BCUT2D eigenvalue weighted by Crippen LogP contribution is 2.52. The number of halogens is 3. The maximum Gasteiger partial charge on any atom is 0.442 e. The second-order valence-corrected chi connectivity index (χ2v) is 3.67. The maximum atomic E-state index is 12.6. The van der Waals surface area contributed by atoms with Crippen LogP contribution in [0.5, 0.6) is 0 Å². The summed E-state index contributed by atoms with van der Waals surface area (Å²) in [5, 5.41) is 15.4. The first-order chi connectivity index (χ1) is 7.37. The van der Waals surface area contributed by atoms with Crippen LogP contribution in [-0.2, 0) is 5.66 Å². The number of aliphatic hydroxyl groups is 1. The van der Waals surface area contributed by atoms with E-state index in [1.165, 1.54) is 24.3 Å². The van der Waals surface area contributed by atoms with Crippen LogP contribution in [-0.4, -0.2) is 11.3 Å². The van der Waals surface area contributed by atoms with Crippen molar-refractivity contribution in [2.24, 2.45) is 10.2 Å². The first kappa shape index (κ1) is 11.1. The van der Waals surface area contributed by atoms with E-state index in [-0.39, 0.29) is 5.56 Å². The fourth-order valence-electron chi connectivity index (χ4n) is 1.44. The van der Waals surface area contributed by atoms with Crippen LogP contribution in [0.4, 0.5) is 13.2 Å². The Morgan fingerprint density at radius 3 is 2.00 bits per heavy atom. The Bertz CT molecular complexity index is 417. The monoisotopic (exact) mass is 230 g/mol. The molecule has 0 bridgehead atoms. The maximum absolute atomic E-state index is 12.6. The first-order valence-corrected chi connectivity index (χ1v) is 4.66. The Morgan fingerprint density at radius 1 is 1.19 bits per heavy atom. The molecule has 0 saturated heterocycles. The number of rotatable bonds is 2. The van der Waals surface area contributed by atoms with Crippen molar-refractivity contribution in [2.75, 3.05) is 0 Å². The smallest absolute Gasteiger partial charge is 0.389 e. The van der Waals surface area contributed by atoms with Gasteiger partial charge in [-0.3, -0.25) is 0 Å². The molecule has 86 valence electrons. The van der Waals surface area contributed by atoms with E-state index in [0.717, 1.165) is 0 Å². The molecule has 1 aromatic rings. The van der Waals surface area contributed by atoms with Gasteiger partial charge in [0.15, 0.2) is 0 Å². The second kappa shape index (κ2) is 3.28. The fraction of sp³-hybridized carbons (Fsp3) is 0.400. The van der Waals surface area contributed by atoms with Crippen LogP contribution < -0.4 is 0 Å². The molecule has 0 radical (unpaired) electrons. The van der Waals surface area contributed by atoms with Crippen LogP contribution in [0, 0.1) is 0 Å². The third-order valence-electron chi connectivity index (χ3n) is 2.49. The summed E-state index contributed by atoms with van der Waals surface area (Å²) in [6.07, 6.45) is -5.21. The summed E-state index contributed by atoms with van der Waals surface area (Å²) in [6.45, 7) is 1.54. The third-order valence-corrected chi connectivity index (χ3v) is 2.49. The molecule has 1 aromatic carbocycles. The molecule has 0 amide bonds. The van der Waals surface area contributed by atoms with Crippen LogP contribution in [0.3, 0.4) is 0 Å². The van der Waals surface area contributed by atoms with Gasteiger partial charge in [0, 0.05) is 5.56 Å². The largest absolute Gasteiger partial charge is 0.442 e. The van der Waals surface area contributed by atoms with Gasteiger partial charge < -0.3 is 5.11 Å². The minimum atomic E-state index is -4.50. The van der Waals surface area contributed by atoms with Crippen molar-refractivity contribution >= 4 is 0 Å². The van der Waals surface area contributed by atoms with Crippen LogP contribution in [0.1, 0.15) is 24.2 Å². The number of alkyl halides is 3. The topological polar surface area (TPSA) is 45.0 Å². The standard InChI is InChI=1S/C10H9F3N2O/c1-6(16)7-2-4-8(5-3-7)9(14-15-9)10(11,12)13/h2-6,16H,1H3/t6-/m0/s1. The second-order valence-electron chi connectivity index (χ2n) is 3.67. The minimum absolute atomic E-state index is 0.0237. The van der Waals surface area contributed by atoms with E-state index in [4.69, 9.17) is 0 Å². The highest BCUT2D eigenvalue weighted by Gasteiger charge is 2.65. The molecule has 6 heteroatoms. The Hall–Kier alpha value is -1.43. The summed E-state index contributed by atoms with van der Waals surface area (Å²) in [5.41, 5.74) is -1.84. The first-order valence-electron chi connectivity index (χ1n) is 4.66. The zero-order chi connectivity index (χ0) is 12.0. The van der Waals surface area contributed by atoms with Crippen LogP contribution in [0.15, 0.2) is 34.5 Å². The van der Waals surface area contributed by atoms with E-state index >= 15 is 0 Å². The lowest BCUT2D eigenvalue weighted by atomic mass is 10.00. The Labute approximate surface area is 89.6 Å². The molecule has 1 aliphatic rings. The van der Waals surface area contributed by atoms with E-state index in [1.807, 2.05) is 0 Å². The van der Waals surface area contributed by atoms with Crippen molar-refractivity contribution in [1.82, 2.24) is 0 Å². The fourth-order valence-corrected chi connectivity index (χ4v) is 1.44. The molecule has 1 aliphatic heterocycles. The van der Waals surface area contributed by atoms with Gasteiger partial charge >= 0.3 is 11.8 Å². The number of nitrogens with zero attached hydrogens (tertiary/aromatic N) is 2. The van der Waals surface area contributed by atoms with Crippen LogP contribution >= 0.6 is 0 Å². The highest BCUT2D eigenvalue weighted by molar-refractivity contribution is 5.33. The minimum Gasteiger partial charge on any atom is -0.389 e. The number of aliphatic hydroxyl groups excluding tert-OH is 1. The molecule has 0 unspecified atom stereocenters. The average Bonchev–Trinajstić information content (AvgIpc) is 2.97.